The highest BCUT2D eigenvalue weighted by molar-refractivity contribution is 8.03. The van der Waals surface area contributed by atoms with E-state index in [0.29, 0.717) is 0 Å². The quantitative estimate of drug-likeness (QED) is 0.609. The number of rotatable bonds is 5. The Hall–Kier alpha value is -0.270. The van der Waals surface area contributed by atoms with Gasteiger partial charge in [0.05, 0.1) is 13.0 Å². The minimum Gasteiger partial charge on any atom is -0.469 e. The normalized spacial score (nSPS) is 14.5. The van der Waals surface area contributed by atoms with Crippen molar-refractivity contribution in [2.45, 2.75) is 27.8 Å². The number of methoxy groups -OCH3 is 1. The van der Waals surface area contributed by atoms with Crippen molar-refractivity contribution < 1.29 is 9.53 Å². The molecule has 7 heteroatoms. The summed E-state index contributed by atoms with van der Waals surface area (Å²) in [5, 5.41) is 8.19. The van der Waals surface area contributed by atoms with Crippen molar-refractivity contribution in [1.29, 1.82) is 0 Å². The first kappa shape index (κ1) is 13.8. The van der Waals surface area contributed by atoms with Gasteiger partial charge in [0.1, 0.15) is 0 Å². The average molecular weight is 278 g/mol. The van der Waals surface area contributed by atoms with Crippen LogP contribution in [0.5, 0.6) is 0 Å². The van der Waals surface area contributed by atoms with Crippen LogP contribution < -0.4 is 0 Å². The topological polar surface area (TPSA) is 52.1 Å². The van der Waals surface area contributed by atoms with Crippen LogP contribution in [0.3, 0.4) is 0 Å². The van der Waals surface area contributed by atoms with Gasteiger partial charge < -0.3 is 4.74 Å². The lowest BCUT2D eigenvalue weighted by molar-refractivity contribution is -0.144. The smallest absolute Gasteiger partial charge is 0.309 e. The Morgan fingerprint density at radius 1 is 1.38 bits per heavy atom. The van der Waals surface area contributed by atoms with E-state index in [-0.39, 0.29) is 17.1 Å². The lowest BCUT2D eigenvalue weighted by atomic mass is 10.1. The Morgan fingerprint density at radius 3 is 2.50 bits per heavy atom. The maximum absolute atomic E-state index is 11.3. The van der Waals surface area contributed by atoms with Crippen LogP contribution in [0.15, 0.2) is 8.68 Å². The second-order valence-electron chi connectivity index (χ2n) is 3.17. The fourth-order valence-electron chi connectivity index (χ4n) is 0.966. The van der Waals surface area contributed by atoms with Crippen molar-refractivity contribution in [3.05, 3.63) is 0 Å². The maximum Gasteiger partial charge on any atom is 0.309 e. The molecular weight excluding hydrogens is 264 g/mol. The molecule has 1 aromatic rings. The molecule has 0 aliphatic rings. The summed E-state index contributed by atoms with van der Waals surface area (Å²) in [4.78, 5) is 11.3. The van der Waals surface area contributed by atoms with Gasteiger partial charge in [-0.2, -0.15) is 0 Å². The number of thioether (sulfide) groups is 2. The van der Waals surface area contributed by atoms with Crippen molar-refractivity contribution in [2.75, 3.05) is 13.4 Å². The fraction of sp³-hybridized carbons (Fsp3) is 0.667. The summed E-state index contributed by atoms with van der Waals surface area (Å²) in [6.45, 7) is 3.85. The Balaban J connectivity index is 2.56. The first-order valence-electron chi connectivity index (χ1n) is 4.70. The molecule has 90 valence electrons. The highest BCUT2D eigenvalue weighted by Gasteiger charge is 2.23. The Bertz CT molecular complexity index is 356. The highest BCUT2D eigenvalue weighted by atomic mass is 32.2. The third-order valence-electron chi connectivity index (χ3n) is 2.13. The van der Waals surface area contributed by atoms with Gasteiger partial charge in [-0.3, -0.25) is 4.79 Å². The molecule has 16 heavy (non-hydrogen) atoms. The number of ether oxygens (including phenoxy) is 1. The number of carbonyl (C=O) groups excluding carboxylic acids is 1. The van der Waals surface area contributed by atoms with Gasteiger partial charge in [0, 0.05) is 5.25 Å². The minimum absolute atomic E-state index is 0.134. The van der Waals surface area contributed by atoms with Crippen LogP contribution >= 0.6 is 34.9 Å². The molecule has 2 atom stereocenters. The van der Waals surface area contributed by atoms with Gasteiger partial charge >= 0.3 is 5.97 Å². The summed E-state index contributed by atoms with van der Waals surface area (Å²) >= 11 is 4.69. The van der Waals surface area contributed by atoms with Gasteiger partial charge in [0.2, 0.25) is 0 Å². The lowest BCUT2D eigenvalue weighted by Gasteiger charge is -2.15. The van der Waals surface area contributed by atoms with E-state index in [1.165, 1.54) is 7.11 Å². The number of hydrogen-bond acceptors (Lipinski definition) is 7. The molecule has 1 heterocycles. The Labute approximate surface area is 108 Å². The molecule has 1 aromatic heterocycles. The molecule has 0 N–H and O–H groups in total. The predicted octanol–water partition coefficient (Wildman–Crippen LogP) is 2.55. The van der Waals surface area contributed by atoms with Crippen molar-refractivity contribution in [2.24, 2.45) is 5.92 Å². The molecule has 0 aliphatic carbocycles. The molecule has 1 rings (SSSR count). The third kappa shape index (κ3) is 3.64. The largest absolute Gasteiger partial charge is 0.469 e. The Kier molecular flexibility index (Phi) is 5.57. The molecular formula is C9H14N2O2S3. The average Bonchev–Trinajstić information content (AvgIpc) is 2.74. The fourth-order valence-corrected chi connectivity index (χ4v) is 3.74. The van der Waals surface area contributed by atoms with Gasteiger partial charge in [0.25, 0.3) is 0 Å². The summed E-state index contributed by atoms with van der Waals surface area (Å²) in [6, 6.07) is 0. The van der Waals surface area contributed by atoms with E-state index in [1.54, 1.807) is 34.9 Å². The number of carbonyl (C=O) groups is 1. The molecule has 4 nitrogen and oxygen atoms in total. The zero-order chi connectivity index (χ0) is 12.1. The first-order valence-corrected chi connectivity index (χ1v) is 7.62. The molecule has 0 aliphatic heterocycles. The van der Waals surface area contributed by atoms with Crippen LogP contribution in [0.2, 0.25) is 0 Å². The number of aromatic nitrogens is 2. The molecule has 0 saturated carbocycles. The van der Waals surface area contributed by atoms with Gasteiger partial charge in [-0.05, 0) is 6.26 Å². The van der Waals surface area contributed by atoms with E-state index >= 15 is 0 Å². The second kappa shape index (κ2) is 6.46. The summed E-state index contributed by atoms with van der Waals surface area (Å²) in [7, 11) is 1.41. The molecule has 0 amide bonds. The predicted molar refractivity (Wildman–Crippen MR) is 68.2 cm³/mol. The van der Waals surface area contributed by atoms with Crippen LogP contribution in [-0.4, -0.2) is 34.8 Å². The summed E-state index contributed by atoms with van der Waals surface area (Å²) in [6.07, 6.45) is 1.97. The Morgan fingerprint density at radius 2 is 2.00 bits per heavy atom. The van der Waals surface area contributed by atoms with Gasteiger partial charge in [-0.15, -0.1) is 10.2 Å². The standard InChI is InChI=1S/C9H14N2O2S3/c1-5(7(12)13-3)6(2)15-9-11-10-8(14-4)16-9/h5-6H,1-4H3. The highest BCUT2D eigenvalue weighted by Crippen LogP contribution is 2.32. The molecule has 0 radical (unpaired) electrons. The SMILES string of the molecule is COC(=O)C(C)C(C)Sc1nnc(SC)s1. The third-order valence-corrected chi connectivity index (χ3v) is 5.42. The van der Waals surface area contributed by atoms with Crippen LogP contribution in [0.4, 0.5) is 0 Å². The summed E-state index contributed by atoms with van der Waals surface area (Å²) in [5.74, 6) is -0.328. The summed E-state index contributed by atoms with van der Waals surface area (Å²) in [5.41, 5.74) is 0. The molecule has 2 unspecified atom stereocenters. The maximum atomic E-state index is 11.3. The van der Waals surface area contributed by atoms with Crippen LogP contribution in [-0.2, 0) is 9.53 Å². The van der Waals surface area contributed by atoms with E-state index in [9.17, 15) is 4.79 Å². The zero-order valence-corrected chi connectivity index (χ0v) is 12.0. The van der Waals surface area contributed by atoms with Gasteiger partial charge in [0.15, 0.2) is 8.68 Å². The van der Waals surface area contributed by atoms with E-state index < -0.39 is 0 Å². The van der Waals surface area contributed by atoms with Crippen LogP contribution in [0, 0.1) is 5.92 Å². The van der Waals surface area contributed by atoms with Crippen molar-refractivity contribution in [3.63, 3.8) is 0 Å². The van der Waals surface area contributed by atoms with Crippen LogP contribution in [0.1, 0.15) is 13.8 Å². The first-order chi connectivity index (χ1) is 7.58. The molecule has 0 bridgehead atoms. The molecule has 0 saturated heterocycles. The van der Waals surface area contributed by atoms with E-state index in [2.05, 4.69) is 10.2 Å². The van der Waals surface area contributed by atoms with E-state index in [4.69, 9.17) is 4.74 Å². The molecule has 0 fully saturated rings. The number of hydrogen-bond donors (Lipinski definition) is 0. The number of nitrogens with zero attached hydrogens (tertiary/aromatic N) is 2. The second-order valence-corrected chi connectivity index (χ2v) is 6.83. The van der Waals surface area contributed by atoms with Gasteiger partial charge in [-0.1, -0.05) is 48.7 Å². The molecule has 0 aromatic carbocycles. The van der Waals surface area contributed by atoms with E-state index in [0.717, 1.165) is 8.68 Å². The van der Waals surface area contributed by atoms with Crippen molar-refractivity contribution >= 4 is 40.8 Å². The zero-order valence-electron chi connectivity index (χ0n) is 9.59. The van der Waals surface area contributed by atoms with Crippen LogP contribution in [0.25, 0.3) is 0 Å². The van der Waals surface area contributed by atoms with Crippen molar-refractivity contribution in [1.82, 2.24) is 10.2 Å². The minimum atomic E-state index is -0.186. The van der Waals surface area contributed by atoms with Gasteiger partial charge in [-0.25, -0.2) is 0 Å². The molecule has 0 spiro atoms. The monoisotopic (exact) mass is 278 g/mol. The van der Waals surface area contributed by atoms with Crippen molar-refractivity contribution in [3.8, 4) is 0 Å². The van der Waals surface area contributed by atoms with E-state index in [1.807, 2.05) is 20.1 Å². The number of esters is 1. The lowest BCUT2D eigenvalue weighted by Crippen LogP contribution is -2.21. The summed E-state index contributed by atoms with van der Waals surface area (Å²) < 4.78 is 6.55.